The molecule has 0 spiro atoms. The fourth-order valence-corrected chi connectivity index (χ4v) is 3.16. The molecular weight excluding hydrogens is 348 g/mol. The van der Waals surface area contributed by atoms with Crippen LogP contribution < -0.4 is 0 Å². The summed E-state index contributed by atoms with van der Waals surface area (Å²) in [4.78, 5) is 0. The van der Waals surface area contributed by atoms with Gasteiger partial charge < -0.3 is 29.2 Å². The summed E-state index contributed by atoms with van der Waals surface area (Å²) in [6, 6.07) is 19.4. The van der Waals surface area contributed by atoms with Gasteiger partial charge in [-0.25, -0.2) is 0 Å². The summed E-state index contributed by atoms with van der Waals surface area (Å²) >= 11 is 0. The first-order valence-electron chi connectivity index (χ1n) is 9.01. The van der Waals surface area contributed by atoms with Crippen LogP contribution in [-0.2, 0) is 32.2 Å². The van der Waals surface area contributed by atoms with Crippen LogP contribution in [0.1, 0.15) is 11.1 Å². The summed E-state index contributed by atoms with van der Waals surface area (Å²) in [6.45, 7) is 0.362. The van der Waals surface area contributed by atoms with Gasteiger partial charge in [0.05, 0.1) is 19.8 Å². The first-order valence-corrected chi connectivity index (χ1v) is 9.01. The lowest BCUT2D eigenvalue weighted by atomic mass is 9.98. The van der Waals surface area contributed by atoms with Crippen LogP contribution in [-0.4, -0.2) is 54.6 Å². The van der Waals surface area contributed by atoms with Gasteiger partial charge in [0, 0.05) is 7.11 Å². The van der Waals surface area contributed by atoms with Crippen molar-refractivity contribution in [3.05, 3.63) is 71.8 Å². The third-order valence-electron chi connectivity index (χ3n) is 4.60. The molecule has 0 bridgehead atoms. The smallest absolute Gasteiger partial charge is 0.186 e. The van der Waals surface area contributed by atoms with Gasteiger partial charge in [-0.05, 0) is 11.1 Å². The summed E-state index contributed by atoms with van der Waals surface area (Å²) < 4.78 is 22.9. The molecule has 0 amide bonds. The highest BCUT2D eigenvalue weighted by Gasteiger charge is 2.46. The second-order valence-electron chi connectivity index (χ2n) is 6.47. The number of hydrogen-bond acceptors (Lipinski definition) is 6. The summed E-state index contributed by atoms with van der Waals surface area (Å²) in [5, 5.41) is 20.4. The summed E-state index contributed by atoms with van der Waals surface area (Å²) in [5.74, 6) is 0. The number of ether oxygens (including phenoxy) is 4. The second-order valence-corrected chi connectivity index (χ2v) is 6.47. The molecule has 0 aliphatic carbocycles. The van der Waals surface area contributed by atoms with Crippen molar-refractivity contribution in [1.29, 1.82) is 0 Å². The average Bonchev–Trinajstić information content (AvgIpc) is 2.73. The Labute approximate surface area is 159 Å². The van der Waals surface area contributed by atoms with Gasteiger partial charge in [0.25, 0.3) is 0 Å². The van der Waals surface area contributed by atoms with Crippen LogP contribution >= 0.6 is 0 Å². The summed E-state index contributed by atoms with van der Waals surface area (Å²) in [5.41, 5.74) is 1.96. The number of aliphatic hydroxyl groups is 2. The van der Waals surface area contributed by atoms with Crippen LogP contribution in [0.15, 0.2) is 60.7 Å². The van der Waals surface area contributed by atoms with Crippen molar-refractivity contribution in [3.63, 3.8) is 0 Å². The molecule has 1 saturated heterocycles. The molecule has 2 aromatic carbocycles. The van der Waals surface area contributed by atoms with Crippen molar-refractivity contribution in [2.45, 2.75) is 43.9 Å². The Kier molecular flexibility index (Phi) is 7.34. The van der Waals surface area contributed by atoms with E-state index < -0.39 is 30.7 Å². The Bertz CT molecular complexity index is 665. The highest BCUT2D eigenvalue weighted by atomic mass is 16.7. The summed E-state index contributed by atoms with van der Waals surface area (Å²) in [7, 11) is 1.45. The van der Waals surface area contributed by atoms with E-state index in [1.54, 1.807) is 0 Å². The van der Waals surface area contributed by atoms with E-state index in [0.717, 1.165) is 11.1 Å². The van der Waals surface area contributed by atoms with E-state index in [-0.39, 0.29) is 6.61 Å². The minimum absolute atomic E-state index is 0.267. The molecular formula is C21H26O6. The molecule has 0 radical (unpaired) electrons. The standard InChI is InChI=1S/C21H26O6/c1-24-21-18(23)20(26-14-16-10-6-3-7-11-16)19(17(12-22)27-21)25-13-15-8-4-2-5-9-15/h2-11,17-23H,12-14H2,1H3/t17-,18-,19-,20-,21-/m1/s1. The van der Waals surface area contributed by atoms with Gasteiger partial charge in [-0.3, -0.25) is 0 Å². The molecule has 5 atom stereocenters. The lowest BCUT2D eigenvalue weighted by Crippen LogP contribution is -2.60. The molecule has 1 fully saturated rings. The van der Waals surface area contributed by atoms with E-state index in [0.29, 0.717) is 13.2 Å². The number of methoxy groups -OCH3 is 1. The molecule has 3 rings (SSSR count). The minimum atomic E-state index is -1.04. The van der Waals surface area contributed by atoms with Gasteiger partial charge in [0.15, 0.2) is 6.29 Å². The van der Waals surface area contributed by atoms with Gasteiger partial charge in [-0.15, -0.1) is 0 Å². The fraction of sp³-hybridized carbons (Fsp3) is 0.429. The van der Waals surface area contributed by atoms with Gasteiger partial charge in [0.1, 0.15) is 24.4 Å². The molecule has 0 unspecified atom stereocenters. The van der Waals surface area contributed by atoms with E-state index in [1.165, 1.54) is 7.11 Å². The van der Waals surface area contributed by atoms with Crippen molar-refractivity contribution in [1.82, 2.24) is 0 Å². The van der Waals surface area contributed by atoms with Crippen molar-refractivity contribution in [2.75, 3.05) is 13.7 Å². The third-order valence-corrected chi connectivity index (χ3v) is 4.60. The lowest BCUT2D eigenvalue weighted by Gasteiger charge is -2.43. The van der Waals surface area contributed by atoms with Gasteiger partial charge in [0.2, 0.25) is 0 Å². The minimum Gasteiger partial charge on any atom is -0.394 e. The highest BCUT2D eigenvalue weighted by Crippen LogP contribution is 2.28. The van der Waals surface area contributed by atoms with E-state index in [9.17, 15) is 10.2 Å². The lowest BCUT2D eigenvalue weighted by molar-refractivity contribution is -0.311. The van der Waals surface area contributed by atoms with Crippen molar-refractivity contribution < 1.29 is 29.2 Å². The topological polar surface area (TPSA) is 77.4 Å². The van der Waals surface area contributed by atoms with Gasteiger partial charge in [-0.2, -0.15) is 0 Å². The molecule has 0 aromatic heterocycles. The first-order chi connectivity index (χ1) is 13.2. The summed E-state index contributed by atoms with van der Waals surface area (Å²) in [6.07, 6.45) is -3.94. The maximum absolute atomic E-state index is 10.7. The molecule has 1 aliphatic heterocycles. The first kappa shape index (κ1) is 19.9. The second kappa shape index (κ2) is 9.94. The molecule has 0 saturated carbocycles. The monoisotopic (exact) mass is 374 g/mol. The highest BCUT2D eigenvalue weighted by molar-refractivity contribution is 5.14. The Morgan fingerprint density at radius 2 is 1.37 bits per heavy atom. The molecule has 6 nitrogen and oxygen atoms in total. The number of benzene rings is 2. The zero-order chi connectivity index (χ0) is 19.1. The Balaban J connectivity index is 1.73. The van der Waals surface area contributed by atoms with E-state index in [4.69, 9.17) is 18.9 Å². The largest absolute Gasteiger partial charge is 0.394 e. The Morgan fingerprint density at radius 1 is 0.852 bits per heavy atom. The number of hydrogen-bond donors (Lipinski definition) is 2. The normalized spacial score (nSPS) is 28.2. The Morgan fingerprint density at radius 3 is 1.85 bits per heavy atom. The van der Waals surface area contributed by atoms with E-state index in [1.807, 2.05) is 60.7 Å². The zero-order valence-electron chi connectivity index (χ0n) is 15.3. The molecule has 1 heterocycles. The van der Waals surface area contributed by atoms with E-state index >= 15 is 0 Å². The molecule has 2 N–H and O–H groups in total. The van der Waals surface area contributed by atoms with Crippen LogP contribution in [0.4, 0.5) is 0 Å². The molecule has 6 heteroatoms. The number of aliphatic hydroxyl groups excluding tert-OH is 2. The fourth-order valence-electron chi connectivity index (χ4n) is 3.16. The number of rotatable bonds is 8. The maximum atomic E-state index is 10.7. The van der Waals surface area contributed by atoms with Crippen LogP contribution in [0.2, 0.25) is 0 Å². The van der Waals surface area contributed by atoms with Crippen LogP contribution in [0, 0.1) is 0 Å². The molecule has 27 heavy (non-hydrogen) atoms. The SMILES string of the molecule is CO[C@@H]1O[C@H](CO)[C@@H](OCc2ccccc2)[C@H](OCc2ccccc2)[C@H]1O. The van der Waals surface area contributed by atoms with Crippen molar-refractivity contribution >= 4 is 0 Å². The predicted octanol–water partition coefficient (Wildman–Crippen LogP) is 1.88. The molecule has 2 aromatic rings. The van der Waals surface area contributed by atoms with Gasteiger partial charge in [-0.1, -0.05) is 60.7 Å². The van der Waals surface area contributed by atoms with Crippen molar-refractivity contribution in [2.24, 2.45) is 0 Å². The van der Waals surface area contributed by atoms with E-state index in [2.05, 4.69) is 0 Å². The molecule has 146 valence electrons. The average molecular weight is 374 g/mol. The predicted molar refractivity (Wildman–Crippen MR) is 98.8 cm³/mol. The molecule has 1 aliphatic rings. The van der Waals surface area contributed by atoms with Crippen LogP contribution in [0.5, 0.6) is 0 Å². The van der Waals surface area contributed by atoms with Gasteiger partial charge >= 0.3 is 0 Å². The van der Waals surface area contributed by atoms with Crippen LogP contribution in [0.25, 0.3) is 0 Å². The maximum Gasteiger partial charge on any atom is 0.186 e. The quantitative estimate of drug-likeness (QED) is 0.735. The Hall–Kier alpha value is -1.80. The van der Waals surface area contributed by atoms with Crippen molar-refractivity contribution in [3.8, 4) is 0 Å². The third kappa shape index (κ3) is 5.13. The van der Waals surface area contributed by atoms with Crippen LogP contribution in [0.3, 0.4) is 0 Å². The zero-order valence-corrected chi connectivity index (χ0v) is 15.3.